The predicted octanol–water partition coefficient (Wildman–Crippen LogP) is 4.33. The molecule has 0 fully saturated rings. The van der Waals surface area contributed by atoms with Crippen molar-refractivity contribution in [1.82, 2.24) is 0 Å². The Kier molecular flexibility index (Phi) is 5.41. The minimum Gasteiger partial charge on any atom is -0.497 e. The van der Waals surface area contributed by atoms with Crippen LogP contribution >= 0.6 is 0 Å². The molecule has 120 valence electrons. The number of methoxy groups -OCH3 is 1. The van der Waals surface area contributed by atoms with Crippen LogP contribution in [0.1, 0.15) is 15.9 Å². The molecule has 23 heavy (non-hydrogen) atoms. The molecule has 0 aliphatic heterocycles. The molecule has 0 aliphatic rings. The smallest absolute Gasteiger partial charge is 0.387 e. The van der Waals surface area contributed by atoms with Gasteiger partial charge in [0.1, 0.15) is 17.3 Å². The number of ketones is 1. The number of rotatable bonds is 6. The topological polar surface area (TPSA) is 35.5 Å². The van der Waals surface area contributed by atoms with Gasteiger partial charge in [-0.2, -0.15) is 8.78 Å². The first-order valence-corrected chi connectivity index (χ1v) is 6.60. The average molecular weight is 322 g/mol. The average Bonchev–Trinajstić information content (AvgIpc) is 2.53. The second-order valence-electron chi connectivity index (χ2n) is 4.49. The van der Waals surface area contributed by atoms with E-state index in [0.717, 1.165) is 6.07 Å². The Labute approximate surface area is 131 Å². The van der Waals surface area contributed by atoms with E-state index >= 15 is 0 Å². The molecule has 0 N–H and O–H groups in total. The highest BCUT2D eigenvalue weighted by Crippen LogP contribution is 2.18. The van der Waals surface area contributed by atoms with Gasteiger partial charge in [0.2, 0.25) is 0 Å². The maximum atomic E-state index is 13.8. The Balaban J connectivity index is 2.09. The molecule has 0 saturated heterocycles. The van der Waals surface area contributed by atoms with Gasteiger partial charge in [-0.1, -0.05) is 18.2 Å². The van der Waals surface area contributed by atoms with Crippen LogP contribution in [0.25, 0.3) is 6.08 Å². The number of benzene rings is 2. The van der Waals surface area contributed by atoms with Gasteiger partial charge in [0.15, 0.2) is 5.78 Å². The third-order valence-corrected chi connectivity index (χ3v) is 2.97. The van der Waals surface area contributed by atoms with Gasteiger partial charge in [-0.3, -0.25) is 4.79 Å². The highest BCUT2D eigenvalue weighted by molar-refractivity contribution is 6.07. The number of allylic oxidation sites excluding steroid dienone is 1. The van der Waals surface area contributed by atoms with E-state index < -0.39 is 18.2 Å². The fraction of sp³-hybridized carbons (Fsp3) is 0.118. The van der Waals surface area contributed by atoms with Crippen molar-refractivity contribution in [3.05, 3.63) is 65.5 Å². The van der Waals surface area contributed by atoms with Crippen LogP contribution in [0.4, 0.5) is 13.2 Å². The van der Waals surface area contributed by atoms with E-state index in [1.54, 1.807) is 0 Å². The van der Waals surface area contributed by atoms with Crippen LogP contribution in [0.15, 0.2) is 48.5 Å². The Morgan fingerprint density at radius 2 is 1.74 bits per heavy atom. The molecular weight excluding hydrogens is 309 g/mol. The third kappa shape index (κ3) is 4.60. The van der Waals surface area contributed by atoms with Crippen molar-refractivity contribution in [2.75, 3.05) is 7.11 Å². The van der Waals surface area contributed by atoms with Gasteiger partial charge >= 0.3 is 6.61 Å². The van der Waals surface area contributed by atoms with Crippen molar-refractivity contribution < 1.29 is 27.4 Å². The molecule has 0 aliphatic carbocycles. The van der Waals surface area contributed by atoms with E-state index in [9.17, 15) is 18.0 Å². The Morgan fingerprint density at radius 1 is 1.09 bits per heavy atom. The summed E-state index contributed by atoms with van der Waals surface area (Å²) >= 11 is 0. The van der Waals surface area contributed by atoms with Crippen molar-refractivity contribution in [1.29, 1.82) is 0 Å². The van der Waals surface area contributed by atoms with E-state index in [1.165, 1.54) is 55.7 Å². The molecule has 2 rings (SSSR count). The van der Waals surface area contributed by atoms with E-state index in [1.807, 2.05) is 0 Å². The van der Waals surface area contributed by atoms with Crippen molar-refractivity contribution in [2.24, 2.45) is 0 Å². The minimum atomic E-state index is -2.89. The molecule has 0 aromatic heterocycles. The summed E-state index contributed by atoms with van der Waals surface area (Å²) in [6.07, 6.45) is 2.66. The van der Waals surface area contributed by atoms with Crippen LogP contribution in [0, 0.1) is 5.82 Å². The van der Waals surface area contributed by atoms with Gasteiger partial charge in [-0.05, 0) is 35.9 Å². The quantitative estimate of drug-likeness (QED) is 0.586. The number of alkyl halides is 2. The molecule has 0 saturated carbocycles. The fourth-order valence-corrected chi connectivity index (χ4v) is 1.84. The molecule has 0 radical (unpaired) electrons. The molecule has 0 amide bonds. The summed E-state index contributed by atoms with van der Waals surface area (Å²) in [7, 11) is 1.40. The van der Waals surface area contributed by atoms with Crippen molar-refractivity contribution in [2.45, 2.75) is 6.61 Å². The largest absolute Gasteiger partial charge is 0.497 e. The Bertz CT molecular complexity index is 710. The lowest BCUT2D eigenvalue weighted by Crippen LogP contribution is -2.01. The molecule has 3 nitrogen and oxygen atoms in total. The second kappa shape index (κ2) is 7.49. The van der Waals surface area contributed by atoms with Crippen LogP contribution in [0.2, 0.25) is 0 Å². The third-order valence-electron chi connectivity index (χ3n) is 2.97. The van der Waals surface area contributed by atoms with Gasteiger partial charge in [0, 0.05) is 6.07 Å². The van der Waals surface area contributed by atoms with Gasteiger partial charge in [0.05, 0.1) is 12.7 Å². The summed E-state index contributed by atoms with van der Waals surface area (Å²) in [5, 5.41) is 0. The molecule has 2 aromatic rings. The van der Waals surface area contributed by atoms with Crippen LogP contribution in [-0.4, -0.2) is 19.5 Å². The molecule has 0 atom stereocenters. The number of hydrogen-bond donors (Lipinski definition) is 0. The molecular formula is C17H13F3O3. The van der Waals surface area contributed by atoms with Crippen LogP contribution in [-0.2, 0) is 0 Å². The van der Waals surface area contributed by atoms with E-state index in [-0.39, 0.29) is 11.3 Å². The number of ether oxygens (including phenoxy) is 2. The second-order valence-corrected chi connectivity index (χ2v) is 4.49. The molecule has 0 unspecified atom stereocenters. The molecule has 0 spiro atoms. The van der Waals surface area contributed by atoms with Crippen LogP contribution in [0.3, 0.4) is 0 Å². The number of carbonyl (C=O) groups is 1. The summed E-state index contributed by atoms with van der Waals surface area (Å²) in [5.41, 5.74) is 0.508. The lowest BCUT2D eigenvalue weighted by Gasteiger charge is -2.04. The SMILES string of the molecule is COc1ccc(C(=O)C=Cc2ccc(OC(F)F)cc2)c(F)c1. The summed E-state index contributed by atoms with van der Waals surface area (Å²) in [4.78, 5) is 12.0. The summed E-state index contributed by atoms with van der Waals surface area (Å²) in [6.45, 7) is -2.89. The Hall–Kier alpha value is -2.76. The van der Waals surface area contributed by atoms with Gasteiger partial charge in [-0.25, -0.2) is 4.39 Å². The standard InChI is InChI=1S/C17H13F3O3/c1-22-13-7-8-14(15(18)10-13)16(21)9-4-11-2-5-12(6-3-11)23-17(19)20/h2-10,17H,1H3. The highest BCUT2D eigenvalue weighted by atomic mass is 19.3. The maximum absolute atomic E-state index is 13.8. The summed E-state index contributed by atoms with van der Waals surface area (Å²) < 4.78 is 46.9. The molecule has 6 heteroatoms. The van der Waals surface area contributed by atoms with E-state index in [4.69, 9.17) is 4.74 Å². The van der Waals surface area contributed by atoms with Gasteiger partial charge in [0.25, 0.3) is 0 Å². The minimum absolute atomic E-state index is 0.0182. The van der Waals surface area contributed by atoms with Gasteiger partial charge in [-0.15, -0.1) is 0 Å². The number of hydrogen-bond acceptors (Lipinski definition) is 3. The molecule has 0 heterocycles. The zero-order valence-electron chi connectivity index (χ0n) is 12.1. The first-order chi connectivity index (χ1) is 11.0. The highest BCUT2D eigenvalue weighted by Gasteiger charge is 2.10. The molecule has 0 bridgehead atoms. The molecule has 2 aromatic carbocycles. The van der Waals surface area contributed by atoms with Crippen LogP contribution in [0.5, 0.6) is 11.5 Å². The predicted molar refractivity (Wildman–Crippen MR) is 79.4 cm³/mol. The van der Waals surface area contributed by atoms with Crippen molar-refractivity contribution in [3.63, 3.8) is 0 Å². The lowest BCUT2D eigenvalue weighted by atomic mass is 10.1. The van der Waals surface area contributed by atoms with E-state index in [2.05, 4.69) is 4.74 Å². The maximum Gasteiger partial charge on any atom is 0.387 e. The summed E-state index contributed by atoms with van der Waals surface area (Å²) in [5.74, 6) is -0.861. The normalized spacial score (nSPS) is 11.0. The first kappa shape index (κ1) is 16.6. The zero-order valence-corrected chi connectivity index (χ0v) is 12.1. The van der Waals surface area contributed by atoms with Crippen molar-refractivity contribution >= 4 is 11.9 Å². The first-order valence-electron chi connectivity index (χ1n) is 6.60. The van der Waals surface area contributed by atoms with Crippen molar-refractivity contribution in [3.8, 4) is 11.5 Å². The fourth-order valence-electron chi connectivity index (χ4n) is 1.84. The number of halogens is 3. The van der Waals surface area contributed by atoms with E-state index in [0.29, 0.717) is 11.3 Å². The van der Waals surface area contributed by atoms with Crippen LogP contribution < -0.4 is 9.47 Å². The number of carbonyl (C=O) groups excluding carboxylic acids is 1. The zero-order chi connectivity index (χ0) is 16.8. The lowest BCUT2D eigenvalue weighted by molar-refractivity contribution is -0.0498. The monoisotopic (exact) mass is 322 g/mol. The Morgan fingerprint density at radius 3 is 2.30 bits per heavy atom. The summed E-state index contributed by atoms with van der Waals surface area (Å²) in [6, 6.07) is 9.66. The van der Waals surface area contributed by atoms with Gasteiger partial charge < -0.3 is 9.47 Å².